The van der Waals surface area contributed by atoms with Crippen molar-refractivity contribution in [2.75, 3.05) is 5.32 Å². The lowest BCUT2D eigenvalue weighted by Gasteiger charge is -2.06. The molecule has 0 saturated heterocycles. The Bertz CT molecular complexity index is 663. The van der Waals surface area contributed by atoms with Gasteiger partial charge in [0.25, 0.3) is 5.91 Å². The van der Waals surface area contributed by atoms with Crippen molar-refractivity contribution in [2.24, 2.45) is 0 Å². The zero-order valence-corrected chi connectivity index (χ0v) is 11.5. The Labute approximate surface area is 117 Å². The number of hydrogen-bond donors (Lipinski definition) is 2. The fraction of sp³-hybridized carbons (Fsp3) is 0.0909. The molecule has 7 heteroatoms. The van der Waals surface area contributed by atoms with E-state index in [2.05, 4.69) is 10.3 Å². The van der Waals surface area contributed by atoms with E-state index in [1.165, 1.54) is 6.07 Å². The molecule has 1 heterocycles. The van der Waals surface area contributed by atoms with Crippen LogP contribution in [-0.2, 0) is 0 Å². The molecule has 1 aromatic heterocycles. The molecule has 0 saturated carbocycles. The first-order valence-corrected chi connectivity index (χ1v) is 6.50. The summed E-state index contributed by atoms with van der Waals surface area (Å²) < 4.78 is 0. The van der Waals surface area contributed by atoms with Gasteiger partial charge in [-0.15, -0.1) is 0 Å². The highest BCUT2D eigenvalue weighted by molar-refractivity contribution is 7.11. The zero-order valence-electron chi connectivity index (χ0n) is 9.21. The number of rotatable bonds is 2. The minimum absolute atomic E-state index is 0.264. The maximum absolute atomic E-state index is 11.9. The van der Waals surface area contributed by atoms with Crippen LogP contribution in [0.2, 0.25) is 10.0 Å². The number of nitrogens with one attached hydrogen (secondary N) is 2. The number of anilines is 1. The molecular formula is C11H8Cl2N2O2S. The van der Waals surface area contributed by atoms with Gasteiger partial charge in [-0.05, 0) is 25.1 Å². The number of amides is 1. The van der Waals surface area contributed by atoms with Crippen LogP contribution in [-0.4, -0.2) is 10.9 Å². The van der Waals surface area contributed by atoms with Crippen LogP contribution in [0.3, 0.4) is 0 Å². The number of halogens is 2. The Morgan fingerprint density at radius 2 is 2.11 bits per heavy atom. The molecule has 0 aliphatic carbocycles. The van der Waals surface area contributed by atoms with Gasteiger partial charge in [0.2, 0.25) is 0 Å². The second-order valence-electron chi connectivity index (χ2n) is 3.55. The van der Waals surface area contributed by atoms with Crippen molar-refractivity contribution >= 4 is 46.1 Å². The van der Waals surface area contributed by atoms with E-state index < -0.39 is 0 Å². The third-order valence-corrected chi connectivity index (χ3v) is 3.74. The summed E-state index contributed by atoms with van der Waals surface area (Å²) in [6.45, 7) is 1.66. The molecule has 0 bridgehead atoms. The average Bonchev–Trinajstić information content (AvgIpc) is 2.62. The van der Waals surface area contributed by atoms with E-state index in [0.29, 0.717) is 26.3 Å². The molecule has 1 aromatic carbocycles. The van der Waals surface area contributed by atoms with Crippen LogP contribution in [0.5, 0.6) is 0 Å². The fourth-order valence-corrected chi connectivity index (χ4v) is 2.58. The molecule has 0 radical (unpaired) electrons. The molecule has 2 N–H and O–H groups in total. The van der Waals surface area contributed by atoms with Crippen LogP contribution in [0.15, 0.2) is 23.0 Å². The predicted molar refractivity (Wildman–Crippen MR) is 74.1 cm³/mol. The highest BCUT2D eigenvalue weighted by atomic mass is 35.5. The number of H-pyrrole nitrogens is 1. The van der Waals surface area contributed by atoms with E-state index in [1.807, 2.05) is 0 Å². The lowest BCUT2D eigenvalue weighted by Crippen LogP contribution is -2.11. The van der Waals surface area contributed by atoms with Crippen LogP contribution in [0.1, 0.15) is 15.4 Å². The minimum Gasteiger partial charge on any atom is -0.320 e. The summed E-state index contributed by atoms with van der Waals surface area (Å²) in [4.78, 5) is 25.7. The smallest absolute Gasteiger partial charge is 0.305 e. The lowest BCUT2D eigenvalue weighted by molar-refractivity contribution is 0.103. The quantitative estimate of drug-likeness (QED) is 0.894. The van der Waals surface area contributed by atoms with E-state index in [9.17, 15) is 9.59 Å². The predicted octanol–water partition coefficient (Wildman–Crippen LogP) is 3.30. The van der Waals surface area contributed by atoms with Crippen molar-refractivity contribution in [1.82, 2.24) is 4.98 Å². The van der Waals surface area contributed by atoms with E-state index in [4.69, 9.17) is 23.2 Å². The van der Waals surface area contributed by atoms with E-state index in [0.717, 1.165) is 11.3 Å². The molecule has 94 valence electrons. The second kappa shape index (κ2) is 5.14. The van der Waals surface area contributed by atoms with Crippen LogP contribution < -0.4 is 10.2 Å². The summed E-state index contributed by atoms with van der Waals surface area (Å²) in [6.07, 6.45) is 0. The summed E-state index contributed by atoms with van der Waals surface area (Å²) in [5, 5.41) is 3.46. The van der Waals surface area contributed by atoms with Gasteiger partial charge in [-0.2, -0.15) is 0 Å². The number of aromatic amines is 1. The van der Waals surface area contributed by atoms with Crippen molar-refractivity contribution in [1.29, 1.82) is 0 Å². The van der Waals surface area contributed by atoms with Crippen LogP contribution in [0, 0.1) is 6.92 Å². The first-order valence-electron chi connectivity index (χ1n) is 4.93. The number of hydrogen-bond acceptors (Lipinski definition) is 3. The SMILES string of the molecule is Cc1[nH]c(=O)sc1C(=O)Nc1ccc(Cl)cc1Cl. The summed E-state index contributed by atoms with van der Waals surface area (Å²) in [6, 6.07) is 4.76. The summed E-state index contributed by atoms with van der Waals surface area (Å²) in [7, 11) is 0. The summed E-state index contributed by atoms with van der Waals surface area (Å²) in [5.74, 6) is -0.375. The Morgan fingerprint density at radius 3 is 2.67 bits per heavy atom. The number of carbonyl (C=O) groups excluding carboxylic acids is 1. The van der Waals surface area contributed by atoms with Gasteiger partial charge in [-0.3, -0.25) is 9.59 Å². The van der Waals surface area contributed by atoms with E-state index in [1.54, 1.807) is 19.1 Å². The number of benzene rings is 1. The molecule has 2 rings (SSSR count). The molecule has 0 unspecified atom stereocenters. The van der Waals surface area contributed by atoms with E-state index in [-0.39, 0.29) is 10.8 Å². The number of aromatic nitrogens is 1. The Hall–Kier alpha value is -1.30. The van der Waals surface area contributed by atoms with Crippen LogP contribution in [0.4, 0.5) is 5.69 Å². The van der Waals surface area contributed by atoms with Crippen LogP contribution in [0.25, 0.3) is 0 Å². The van der Waals surface area contributed by atoms with Gasteiger partial charge in [0.05, 0.1) is 10.7 Å². The maximum Gasteiger partial charge on any atom is 0.305 e. The zero-order chi connectivity index (χ0) is 13.3. The van der Waals surface area contributed by atoms with Gasteiger partial charge < -0.3 is 10.3 Å². The first-order chi connectivity index (χ1) is 8.47. The maximum atomic E-state index is 11.9. The number of carbonyl (C=O) groups is 1. The minimum atomic E-state index is -0.375. The molecular weight excluding hydrogens is 295 g/mol. The highest BCUT2D eigenvalue weighted by Gasteiger charge is 2.14. The standard InChI is InChI=1S/C11H8Cl2N2O2S/c1-5-9(18-11(17)14-5)10(16)15-8-3-2-6(12)4-7(8)13/h2-4H,1H3,(H,14,17)(H,15,16). The van der Waals surface area contributed by atoms with Crippen molar-refractivity contribution in [3.05, 3.63) is 48.5 Å². The molecule has 2 aromatic rings. The molecule has 0 aliphatic rings. The van der Waals surface area contributed by atoms with Gasteiger partial charge in [-0.25, -0.2) is 0 Å². The van der Waals surface area contributed by atoms with Crippen molar-refractivity contribution in [3.8, 4) is 0 Å². The van der Waals surface area contributed by atoms with Crippen molar-refractivity contribution < 1.29 is 4.79 Å². The van der Waals surface area contributed by atoms with Gasteiger partial charge in [-0.1, -0.05) is 34.5 Å². The fourth-order valence-electron chi connectivity index (χ4n) is 1.39. The topological polar surface area (TPSA) is 62.0 Å². The Kier molecular flexibility index (Phi) is 3.75. The average molecular weight is 303 g/mol. The molecule has 18 heavy (non-hydrogen) atoms. The molecule has 0 aliphatic heterocycles. The number of thiazole rings is 1. The third-order valence-electron chi connectivity index (χ3n) is 2.21. The molecule has 0 atom stereocenters. The Morgan fingerprint density at radius 1 is 1.39 bits per heavy atom. The van der Waals surface area contributed by atoms with Gasteiger partial charge in [0.15, 0.2) is 0 Å². The van der Waals surface area contributed by atoms with Crippen molar-refractivity contribution in [2.45, 2.75) is 6.92 Å². The molecule has 1 amide bonds. The monoisotopic (exact) mass is 302 g/mol. The first kappa shape index (κ1) is 13.1. The largest absolute Gasteiger partial charge is 0.320 e. The summed E-state index contributed by atoms with van der Waals surface area (Å²) >= 11 is 12.6. The second-order valence-corrected chi connectivity index (χ2v) is 5.37. The van der Waals surface area contributed by atoms with Crippen molar-refractivity contribution in [3.63, 3.8) is 0 Å². The number of aryl methyl sites for hydroxylation is 1. The van der Waals surface area contributed by atoms with Crippen LogP contribution >= 0.6 is 34.5 Å². The third kappa shape index (κ3) is 2.75. The lowest BCUT2D eigenvalue weighted by atomic mass is 10.3. The Balaban J connectivity index is 2.26. The van der Waals surface area contributed by atoms with Gasteiger partial charge >= 0.3 is 4.87 Å². The molecule has 4 nitrogen and oxygen atoms in total. The summed E-state index contributed by atoms with van der Waals surface area (Å²) in [5.41, 5.74) is 0.985. The van der Waals surface area contributed by atoms with E-state index >= 15 is 0 Å². The normalized spacial score (nSPS) is 10.4. The molecule has 0 spiro atoms. The highest BCUT2D eigenvalue weighted by Crippen LogP contribution is 2.26. The van der Waals surface area contributed by atoms with Gasteiger partial charge in [0.1, 0.15) is 4.88 Å². The molecule has 0 fully saturated rings. The van der Waals surface area contributed by atoms with Gasteiger partial charge in [0, 0.05) is 10.7 Å².